The highest BCUT2D eigenvalue weighted by Crippen LogP contribution is 2.32. The van der Waals surface area contributed by atoms with Gasteiger partial charge in [0.25, 0.3) is 5.56 Å². The molecule has 4 nitrogen and oxygen atoms in total. The lowest BCUT2D eigenvalue weighted by molar-refractivity contribution is -0.136. The summed E-state index contributed by atoms with van der Waals surface area (Å²) in [7, 11) is 0. The van der Waals surface area contributed by atoms with Crippen molar-refractivity contribution in [3.05, 3.63) is 40.4 Å². The van der Waals surface area contributed by atoms with E-state index in [4.69, 9.17) is 4.74 Å². The van der Waals surface area contributed by atoms with Gasteiger partial charge in [-0.05, 0) is 37.8 Å². The number of rotatable bonds is 3. The number of fused-ring (bicyclic) bond motifs is 1. The Labute approximate surface area is 130 Å². The normalized spacial score (nSPS) is 19.2. The summed E-state index contributed by atoms with van der Waals surface area (Å²) in [6.45, 7) is 1.12. The lowest BCUT2D eigenvalue weighted by atomic mass is 10.1. The number of hydrogen-bond acceptors (Lipinski definition) is 3. The van der Waals surface area contributed by atoms with Crippen LogP contribution in [0, 0.1) is 0 Å². The van der Waals surface area contributed by atoms with Gasteiger partial charge >= 0.3 is 6.18 Å². The summed E-state index contributed by atoms with van der Waals surface area (Å²) in [5.74, 6) is 0. The van der Waals surface area contributed by atoms with E-state index in [1.807, 2.05) is 0 Å². The van der Waals surface area contributed by atoms with E-state index in [0.29, 0.717) is 13.0 Å². The predicted octanol–water partition coefficient (Wildman–Crippen LogP) is 3.37. The van der Waals surface area contributed by atoms with Crippen molar-refractivity contribution in [1.29, 1.82) is 0 Å². The Morgan fingerprint density at radius 3 is 2.83 bits per heavy atom. The van der Waals surface area contributed by atoms with Crippen LogP contribution in [0.1, 0.15) is 31.2 Å². The summed E-state index contributed by atoms with van der Waals surface area (Å²) in [6.07, 6.45) is 0.538. The van der Waals surface area contributed by atoms with Gasteiger partial charge in [-0.2, -0.15) is 13.2 Å². The molecule has 23 heavy (non-hydrogen) atoms. The van der Waals surface area contributed by atoms with E-state index in [9.17, 15) is 18.0 Å². The minimum Gasteiger partial charge on any atom is -0.378 e. The fourth-order valence-electron chi connectivity index (χ4n) is 2.90. The lowest BCUT2D eigenvalue weighted by Crippen LogP contribution is -2.26. The van der Waals surface area contributed by atoms with Gasteiger partial charge in [0.05, 0.1) is 28.9 Å². The van der Waals surface area contributed by atoms with E-state index in [1.54, 1.807) is 0 Å². The summed E-state index contributed by atoms with van der Waals surface area (Å²) >= 11 is 0. The molecular weight excluding hydrogens is 309 g/mol. The quantitative estimate of drug-likeness (QED) is 0.868. The van der Waals surface area contributed by atoms with Crippen LogP contribution in [0.3, 0.4) is 0 Å². The Hall–Kier alpha value is -1.89. The highest BCUT2D eigenvalue weighted by molar-refractivity contribution is 5.81. The number of aromatic nitrogens is 2. The van der Waals surface area contributed by atoms with Gasteiger partial charge in [0.15, 0.2) is 0 Å². The van der Waals surface area contributed by atoms with E-state index in [0.717, 1.165) is 31.9 Å². The maximum absolute atomic E-state index is 13.0. The van der Waals surface area contributed by atoms with Crippen molar-refractivity contribution >= 4 is 10.9 Å². The van der Waals surface area contributed by atoms with Crippen LogP contribution in [0.15, 0.2) is 29.3 Å². The number of nitrogens with zero attached hydrogens (tertiary/aromatic N) is 2. The number of alkyl halides is 3. The molecule has 2 aromatic rings. The van der Waals surface area contributed by atoms with Crippen molar-refractivity contribution in [1.82, 2.24) is 9.55 Å². The van der Waals surface area contributed by atoms with Crippen molar-refractivity contribution in [3.63, 3.8) is 0 Å². The first-order chi connectivity index (χ1) is 11.0. The average Bonchev–Trinajstić information content (AvgIpc) is 2.54. The molecule has 1 aromatic carbocycles. The number of ether oxygens (including phenoxy) is 1. The monoisotopic (exact) mass is 326 g/mol. The Kier molecular flexibility index (Phi) is 4.39. The highest BCUT2D eigenvalue weighted by Gasteiger charge is 2.33. The molecule has 0 spiro atoms. The first-order valence-corrected chi connectivity index (χ1v) is 7.64. The zero-order valence-corrected chi connectivity index (χ0v) is 12.5. The second kappa shape index (κ2) is 6.31. The summed E-state index contributed by atoms with van der Waals surface area (Å²) in [4.78, 5) is 16.3. The van der Waals surface area contributed by atoms with Gasteiger partial charge in [-0.1, -0.05) is 6.07 Å². The third-order valence-electron chi connectivity index (χ3n) is 4.12. The van der Waals surface area contributed by atoms with E-state index in [1.165, 1.54) is 23.0 Å². The van der Waals surface area contributed by atoms with Crippen LogP contribution in [0.4, 0.5) is 13.2 Å². The van der Waals surface area contributed by atoms with Crippen LogP contribution in [0.2, 0.25) is 0 Å². The Morgan fingerprint density at radius 2 is 2.13 bits per heavy atom. The summed E-state index contributed by atoms with van der Waals surface area (Å²) in [5, 5.41) is -0.00751. The Bertz CT molecular complexity index is 749. The third kappa shape index (κ3) is 3.39. The molecule has 0 bridgehead atoms. The summed E-state index contributed by atoms with van der Waals surface area (Å²) in [6, 6.07) is 3.56. The molecule has 1 saturated heterocycles. The molecule has 1 fully saturated rings. The molecule has 1 unspecified atom stereocenters. The van der Waals surface area contributed by atoms with Gasteiger partial charge in [-0.25, -0.2) is 4.98 Å². The van der Waals surface area contributed by atoms with Crippen LogP contribution in [-0.4, -0.2) is 22.3 Å². The number of benzene rings is 1. The molecule has 0 amide bonds. The van der Waals surface area contributed by atoms with E-state index in [-0.39, 0.29) is 17.0 Å². The van der Waals surface area contributed by atoms with Crippen molar-refractivity contribution in [2.45, 2.75) is 44.5 Å². The second-order valence-electron chi connectivity index (χ2n) is 5.72. The predicted molar refractivity (Wildman–Crippen MR) is 79.2 cm³/mol. The van der Waals surface area contributed by atoms with Crippen molar-refractivity contribution in [2.24, 2.45) is 0 Å². The number of hydrogen-bond donors (Lipinski definition) is 0. The first kappa shape index (κ1) is 16.0. The molecule has 1 aliphatic rings. The van der Waals surface area contributed by atoms with Crippen LogP contribution in [0.5, 0.6) is 0 Å². The van der Waals surface area contributed by atoms with E-state index < -0.39 is 17.3 Å². The molecule has 1 aromatic heterocycles. The molecular formula is C16H17F3N2O2. The zero-order valence-electron chi connectivity index (χ0n) is 12.5. The summed E-state index contributed by atoms with van der Waals surface area (Å²) in [5.41, 5.74) is -1.62. The van der Waals surface area contributed by atoms with Crippen LogP contribution >= 0.6 is 0 Å². The minimum absolute atomic E-state index is 0.00751. The first-order valence-electron chi connectivity index (χ1n) is 7.64. The Morgan fingerprint density at radius 1 is 1.30 bits per heavy atom. The van der Waals surface area contributed by atoms with E-state index in [2.05, 4.69) is 4.98 Å². The zero-order chi connectivity index (χ0) is 16.4. The minimum atomic E-state index is -4.53. The molecule has 3 rings (SSSR count). The smallest absolute Gasteiger partial charge is 0.378 e. The largest absolute Gasteiger partial charge is 0.418 e. The van der Waals surface area contributed by atoms with Gasteiger partial charge in [-0.3, -0.25) is 9.36 Å². The van der Waals surface area contributed by atoms with Gasteiger partial charge in [0.1, 0.15) is 0 Å². The standard InChI is InChI=1S/C16H17F3N2O2/c17-16(18,19)13-6-3-5-12-14(13)20-10-21(15(12)22)8-7-11-4-1-2-9-23-11/h3,5-6,10-11H,1-2,4,7-9H2. The van der Waals surface area contributed by atoms with Gasteiger partial charge in [0.2, 0.25) is 0 Å². The van der Waals surface area contributed by atoms with Crippen LogP contribution < -0.4 is 5.56 Å². The topological polar surface area (TPSA) is 44.1 Å². The Balaban J connectivity index is 1.88. The lowest BCUT2D eigenvalue weighted by Gasteiger charge is -2.22. The van der Waals surface area contributed by atoms with Gasteiger partial charge in [0, 0.05) is 13.2 Å². The maximum Gasteiger partial charge on any atom is 0.418 e. The SMILES string of the molecule is O=c1c2cccc(C(F)(F)F)c2ncn1CCC1CCCCO1. The molecule has 0 saturated carbocycles. The molecule has 2 heterocycles. The fourth-order valence-corrected chi connectivity index (χ4v) is 2.90. The summed E-state index contributed by atoms with van der Waals surface area (Å²) < 4.78 is 45.9. The fraction of sp³-hybridized carbons (Fsp3) is 0.500. The van der Waals surface area contributed by atoms with Crippen molar-refractivity contribution in [3.8, 4) is 0 Å². The van der Waals surface area contributed by atoms with Gasteiger partial charge in [-0.15, -0.1) is 0 Å². The number of para-hydroxylation sites is 1. The van der Waals surface area contributed by atoms with Crippen molar-refractivity contribution < 1.29 is 17.9 Å². The molecule has 1 aliphatic heterocycles. The highest BCUT2D eigenvalue weighted by atomic mass is 19.4. The second-order valence-corrected chi connectivity index (χ2v) is 5.72. The number of halogens is 3. The van der Waals surface area contributed by atoms with Crippen LogP contribution in [-0.2, 0) is 17.5 Å². The molecule has 0 radical (unpaired) electrons. The average molecular weight is 326 g/mol. The van der Waals surface area contributed by atoms with E-state index >= 15 is 0 Å². The number of aryl methyl sites for hydroxylation is 1. The third-order valence-corrected chi connectivity index (χ3v) is 4.12. The molecule has 0 N–H and O–H groups in total. The molecule has 124 valence electrons. The van der Waals surface area contributed by atoms with Gasteiger partial charge < -0.3 is 4.74 Å². The van der Waals surface area contributed by atoms with Crippen molar-refractivity contribution in [2.75, 3.05) is 6.61 Å². The molecule has 0 aliphatic carbocycles. The molecule has 7 heteroatoms. The maximum atomic E-state index is 13.0. The van der Waals surface area contributed by atoms with Crippen LogP contribution in [0.25, 0.3) is 10.9 Å². The molecule has 1 atom stereocenters.